The van der Waals surface area contributed by atoms with Crippen LogP contribution in [0.5, 0.6) is 0 Å². The molecule has 0 radical (unpaired) electrons. The second-order valence-electron chi connectivity index (χ2n) is 6.26. The van der Waals surface area contributed by atoms with Crippen LogP contribution < -0.4 is 5.32 Å². The van der Waals surface area contributed by atoms with Gasteiger partial charge in [-0.1, -0.05) is 26.3 Å². The summed E-state index contributed by atoms with van der Waals surface area (Å²) in [7, 11) is 0. The van der Waals surface area contributed by atoms with Crippen molar-refractivity contribution in [2.75, 3.05) is 0 Å². The SMILES string of the molecule is CC1(C)CCCC(NCc2ccc(C#N)cc2F)C1. The average molecular weight is 260 g/mol. The first-order chi connectivity index (χ1) is 9.00. The van der Waals surface area contributed by atoms with Crippen LogP contribution in [0.4, 0.5) is 4.39 Å². The van der Waals surface area contributed by atoms with Gasteiger partial charge in [-0.15, -0.1) is 0 Å². The van der Waals surface area contributed by atoms with Gasteiger partial charge in [0, 0.05) is 18.2 Å². The van der Waals surface area contributed by atoms with Crippen LogP contribution in [0.1, 0.15) is 50.7 Å². The summed E-state index contributed by atoms with van der Waals surface area (Å²) in [6.07, 6.45) is 4.82. The second kappa shape index (κ2) is 5.71. The minimum atomic E-state index is -0.290. The first-order valence-electron chi connectivity index (χ1n) is 6.92. The lowest BCUT2D eigenvalue weighted by atomic mass is 9.75. The fourth-order valence-electron chi connectivity index (χ4n) is 2.89. The van der Waals surface area contributed by atoms with Gasteiger partial charge in [-0.3, -0.25) is 0 Å². The monoisotopic (exact) mass is 260 g/mol. The highest BCUT2D eigenvalue weighted by atomic mass is 19.1. The topological polar surface area (TPSA) is 35.8 Å². The summed E-state index contributed by atoms with van der Waals surface area (Å²) >= 11 is 0. The molecule has 2 nitrogen and oxygen atoms in total. The molecule has 0 aromatic heterocycles. The van der Waals surface area contributed by atoms with E-state index < -0.39 is 0 Å². The Hall–Kier alpha value is -1.40. The molecule has 0 heterocycles. The molecule has 19 heavy (non-hydrogen) atoms. The predicted octanol–water partition coefficient (Wildman–Crippen LogP) is 3.76. The summed E-state index contributed by atoms with van der Waals surface area (Å²) in [5.41, 5.74) is 1.40. The Kier molecular flexibility index (Phi) is 4.21. The van der Waals surface area contributed by atoms with Crippen molar-refractivity contribution in [2.24, 2.45) is 5.41 Å². The van der Waals surface area contributed by atoms with Crippen LogP contribution in [0.3, 0.4) is 0 Å². The number of nitriles is 1. The van der Waals surface area contributed by atoms with Gasteiger partial charge in [0.25, 0.3) is 0 Å². The van der Waals surface area contributed by atoms with Gasteiger partial charge >= 0.3 is 0 Å². The van der Waals surface area contributed by atoms with Crippen molar-refractivity contribution in [1.82, 2.24) is 5.32 Å². The van der Waals surface area contributed by atoms with Crippen LogP contribution in [0, 0.1) is 22.6 Å². The van der Waals surface area contributed by atoms with E-state index in [4.69, 9.17) is 5.26 Å². The summed E-state index contributed by atoms with van der Waals surface area (Å²) < 4.78 is 13.8. The molecule has 3 heteroatoms. The van der Waals surface area contributed by atoms with E-state index in [0.29, 0.717) is 29.1 Å². The first-order valence-corrected chi connectivity index (χ1v) is 6.92. The van der Waals surface area contributed by atoms with E-state index in [2.05, 4.69) is 19.2 Å². The van der Waals surface area contributed by atoms with Crippen molar-refractivity contribution in [2.45, 2.75) is 52.1 Å². The molecule has 1 N–H and O–H groups in total. The van der Waals surface area contributed by atoms with E-state index in [1.807, 2.05) is 6.07 Å². The molecule has 1 aromatic rings. The molecule has 1 fully saturated rings. The van der Waals surface area contributed by atoms with Gasteiger partial charge in [0.1, 0.15) is 5.82 Å². The summed E-state index contributed by atoms with van der Waals surface area (Å²) in [6, 6.07) is 7.10. The Bertz CT molecular complexity index is 488. The van der Waals surface area contributed by atoms with Crippen LogP contribution in [0.15, 0.2) is 18.2 Å². The third kappa shape index (κ3) is 3.78. The Morgan fingerprint density at radius 2 is 2.26 bits per heavy atom. The third-order valence-electron chi connectivity index (χ3n) is 3.97. The molecular weight excluding hydrogens is 239 g/mol. The Morgan fingerprint density at radius 1 is 1.47 bits per heavy atom. The lowest BCUT2D eigenvalue weighted by molar-refractivity contribution is 0.197. The quantitative estimate of drug-likeness (QED) is 0.898. The van der Waals surface area contributed by atoms with Crippen molar-refractivity contribution in [3.8, 4) is 6.07 Å². The van der Waals surface area contributed by atoms with Crippen molar-refractivity contribution < 1.29 is 4.39 Å². The highest BCUT2D eigenvalue weighted by Crippen LogP contribution is 2.35. The minimum absolute atomic E-state index is 0.290. The summed E-state index contributed by atoms with van der Waals surface area (Å²) in [6.45, 7) is 5.13. The number of nitrogens with one attached hydrogen (secondary N) is 1. The minimum Gasteiger partial charge on any atom is -0.310 e. The van der Waals surface area contributed by atoms with Gasteiger partial charge in [-0.05, 0) is 36.8 Å². The lowest BCUT2D eigenvalue weighted by Gasteiger charge is -2.35. The molecule has 1 aromatic carbocycles. The van der Waals surface area contributed by atoms with Gasteiger partial charge in [0.2, 0.25) is 0 Å². The van der Waals surface area contributed by atoms with Crippen molar-refractivity contribution in [3.63, 3.8) is 0 Å². The van der Waals surface area contributed by atoms with E-state index in [-0.39, 0.29) is 5.82 Å². The van der Waals surface area contributed by atoms with E-state index in [0.717, 1.165) is 6.42 Å². The zero-order valence-electron chi connectivity index (χ0n) is 11.7. The Balaban J connectivity index is 1.94. The first kappa shape index (κ1) is 14.0. The van der Waals surface area contributed by atoms with Crippen LogP contribution >= 0.6 is 0 Å². The molecular formula is C16H21FN2. The molecule has 102 valence electrons. The zero-order valence-corrected chi connectivity index (χ0v) is 11.7. The normalized spacial score (nSPS) is 21.9. The molecule has 1 saturated carbocycles. The van der Waals surface area contributed by atoms with E-state index >= 15 is 0 Å². The third-order valence-corrected chi connectivity index (χ3v) is 3.97. The molecule has 0 spiro atoms. The van der Waals surface area contributed by atoms with Gasteiger partial charge in [-0.25, -0.2) is 4.39 Å². The maximum atomic E-state index is 13.8. The zero-order chi connectivity index (χ0) is 13.9. The average Bonchev–Trinajstić information content (AvgIpc) is 2.36. The summed E-state index contributed by atoms with van der Waals surface area (Å²) in [4.78, 5) is 0. The highest BCUT2D eigenvalue weighted by molar-refractivity contribution is 5.32. The lowest BCUT2D eigenvalue weighted by Crippen LogP contribution is -2.37. The van der Waals surface area contributed by atoms with Gasteiger partial charge in [0.15, 0.2) is 0 Å². The number of rotatable bonds is 3. The van der Waals surface area contributed by atoms with E-state index in [1.165, 1.54) is 25.3 Å². The fraction of sp³-hybridized carbons (Fsp3) is 0.562. The smallest absolute Gasteiger partial charge is 0.129 e. The number of nitrogens with zero attached hydrogens (tertiary/aromatic N) is 1. The molecule has 0 aliphatic heterocycles. The van der Waals surface area contributed by atoms with Gasteiger partial charge in [0.05, 0.1) is 11.6 Å². The molecule has 2 rings (SSSR count). The maximum Gasteiger partial charge on any atom is 0.129 e. The molecule has 1 aliphatic carbocycles. The molecule has 0 amide bonds. The second-order valence-corrected chi connectivity index (χ2v) is 6.26. The molecule has 0 saturated heterocycles. The molecule has 1 atom stereocenters. The Morgan fingerprint density at radius 3 is 2.89 bits per heavy atom. The Labute approximate surface area is 114 Å². The van der Waals surface area contributed by atoms with Crippen molar-refractivity contribution in [1.29, 1.82) is 5.26 Å². The van der Waals surface area contributed by atoms with Crippen LogP contribution in [0.2, 0.25) is 0 Å². The number of benzene rings is 1. The van der Waals surface area contributed by atoms with Crippen LogP contribution in [-0.2, 0) is 6.54 Å². The highest BCUT2D eigenvalue weighted by Gasteiger charge is 2.27. The maximum absolute atomic E-state index is 13.8. The van der Waals surface area contributed by atoms with E-state index in [1.54, 1.807) is 12.1 Å². The van der Waals surface area contributed by atoms with E-state index in [9.17, 15) is 4.39 Å². The van der Waals surface area contributed by atoms with Crippen molar-refractivity contribution >= 4 is 0 Å². The molecule has 0 bridgehead atoms. The number of hydrogen-bond acceptors (Lipinski definition) is 2. The predicted molar refractivity (Wildman–Crippen MR) is 74.0 cm³/mol. The largest absolute Gasteiger partial charge is 0.310 e. The molecule has 1 aliphatic rings. The standard InChI is InChI=1S/C16H21FN2/c1-16(2)7-3-4-14(9-16)19-11-13-6-5-12(10-18)8-15(13)17/h5-6,8,14,19H,3-4,7,9,11H2,1-2H3. The van der Waals surface area contributed by atoms with Gasteiger partial charge < -0.3 is 5.32 Å². The summed E-state index contributed by atoms with van der Waals surface area (Å²) in [5.74, 6) is -0.290. The molecule has 1 unspecified atom stereocenters. The van der Waals surface area contributed by atoms with Crippen molar-refractivity contribution in [3.05, 3.63) is 35.1 Å². The number of halogens is 1. The van der Waals surface area contributed by atoms with Crippen LogP contribution in [0.25, 0.3) is 0 Å². The summed E-state index contributed by atoms with van der Waals surface area (Å²) in [5, 5.41) is 12.2. The fourth-order valence-corrected chi connectivity index (χ4v) is 2.89. The van der Waals surface area contributed by atoms with Crippen LogP contribution in [-0.4, -0.2) is 6.04 Å². The van der Waals surface area contributed by atoms with Gasteiger partial charge in [-0.2, -0.15) is 5.26 Å². The number of hydrogen-bond donors (Lipinski definition) is 1.